The number of nitrogens with two attached hydrogens (primary N) is 2. The lowest BCUT2D eigenvalue weighted by Gasteiger charge is -2.25. The zero-order valence-electron chi connectivity index (χ0n) is 17.7. The lowest BCUT2D eigenvalue weighted by Crippen LogP contribution is -2.58. The van der Waals surface area contributed by atoms with Gasteiger partial charge >= 0.3 is 5.97 Å². The van der Waals surface area contributed by atoms with Gasteiger partial charge in [0.2, 0.25) is 17.7 Å². The van der Waals surface area contributed by atoms with Crippen LogP contribution in [-0.2, 0) is 19.2 Å². The number of rotatable bonds is 15. The number of unbranched alkanes of at least 4 members (excludes halogenated alkanes) is 1. The van der Waals surface area contributed by atoms with E-state index >= 15 is 0 Å². The van der Waals surface area contributed by atoms with Crippen molar-refractivity contribution in [3.8, 4) is 0 Å². The molecule has 5 unspecified atom stereocenters. The highest BCUT2D eigenvalue weighted by atomic mass is 32.2. The summed E-state index contributed by atoms with van der Waals surface area (Å²) in [5, 5.41) is 26.1. The van der Waals surface area contributed by atoms with Crippen molar-refractivity contribution in [3.63, 3.8) is 0 Å². The molecule has 0 spiro atoms. The Morgan fingerprint density at radius 3 is 1.93 bits per heavy atom. The molecule has 0 fully saturated rings. The van der Waals surface area contributed by atoms with Gasteiger partial charge in [-0.15, -0.1) is 0 Å². The molecule has 0 saturated carbocycles. The Hall–Kier alpha value is -1.89. The highest BCUT2D eigenvalue weighted by Gasteiger charge is 2.31. The first-order valence-corrected chi connectivity index (χ1v) is 11.2. The number of carboxylic acids is 1. The van der Waals surface area contributed by atoms with Gasteiger partial charge in [-0.25, -0.2) is 4.79 Å². The average molecular weight is 450 g/mol. The summed E-state index contributed by atoms with van der Waals surface area (Å²) >= 11 is 1.45. The van der Waals surface area contributed by atoms with Crippen LogP contribution < -0.4 is 27.4 Å². The van der Waals surface area contributed by atoms with Crippen molar-refractivity contribution in [3.05, 3.63) is 0 Å². The second kappa shape index (κ2) is 15.0. The minimum absolute atomic E-state index is 0.238. The Kier molecular flexibility index (Phi) is 14.0. The summed E-state index contributed by atoms with van der Waals surface area (Å²) < 4.78 is 0. The number of hydrogen-bond donors (Lipinski definition) is 7. The number of carbonyl (C=O) groups excluding carboxylic acids is 3. The Morgan fingerprint density at radius 2 is 1.47 bits per heavy atom. The zero-order valence-corrected chi connectivity index (χ0v) is 18.5. The van der Waals surface area contributed by atoms with Gasteiger partial charge in [0.1, 0.15) is 12.1 Å². The number of amides is 3. The molecule has 0 saturated heterocycles. The van der Waals surface area contributed by atoms with Crippen LogP contribution in [0.25, 0.3) is 0 Å². The van der Waals surface area contributed by atoms with E-state index < -0.39 is 54.0 Å². The highest BCUT2D eigenvalue weighted by molar-refractivity contribution is 7.98. The fraction of sp³-hybridized carbons (Fsp3) is 0.778. The minimum Gasteiger partial charge on any atom is -0.480 e. The van der Waals surface area contributed by atoms with Crippen LogP contribution in [0.2, 0.25) is 0 Å². The molecule has 0 aromatic heterocycles. The van der Waals surface area contributed by atoms with E-state index in [2.05, 4.69) is 16.0 Å². The molecule has 0 bridgehead atoms. The molecule has 0 aliphatic heterocycles. The van der Waals surface area contributed by atoms with Gasteiger partial charge in [0.15, 0.2) is 6.04 Å². The van der Waals surface area contributed by atoms with Crippen molar-refractivity contribution in [2.24, 2.45) is 11.5 Å². The van der Waals surface area contributed by atoms with Gasteiger partial charge in [-0.3, -0.25) is 14.4 Å². The molecule has 12 heteroatoms. The number of carboxylic acid groups (broad SMARTS) is 1. The van der Waals surface area contributed by atoms with E-state index in [0.717, 1.165) is 0 Å². The highest BCUT2D eigenvalue weighted by Crippen LogP contribution is 2.06. The van der Waals surface area contributed by atoms with Crippen molar-refractivity contribution in [2.45, 2.75) is 69.8 Å². The fourth-order valence-corrected chi connectivity index (χ4v) is 2.96. The monoisotopic (exact) mass is 449 g/mol. The lowest BCUT2D eigenvalue weighted by atomic mass is 10.1. The smallest absolute Gasteiger partial charge is 0.328 e. The molecule has 174 valence electrons. The summed E-state index contributed by atoms with van der Waals surface area (Å²) in [5.41, 5.74) is 11.0. The minimum atomic E-state index is -1.51. The topological polar surface area (TPSA) is 197 Å². The van der Waals surface area contributed by atoms with E-state index in [0.29, 0.717) is 31.6 Å². The van der Waals surface area contributed by atoms with Crippen LogP contribution in [0.3, 0.4) is 0 Å². The standard InChI is InChI=1S/C18H35N5O6S/c1-10(20)15(25)21-12(6-4-5-8-19)16(26)22-13(7-9-30-3)17(27)23-14(11(2)24)18(28)29/h10-14,24H,4-9,19-20H2,1-3H3,(H,21,25)(H,22,26)(H,23,27)(H,28,29). The maximum Gasteiger partial charge on any atom is 0.328 e. The summed E-state index contributed by atoms with van der Waals surface area (Å²) in [4.78, 5) is 48.6. The Morgan fingerprint density at radius 1 is 0.933 bits per heavy atom. The largest absolute Gasteiger partial charge is 0.480 e. The van der Waals surface area contributed by atoms with Gasteiger partial charge in [-0.2, -0.15) is 11.8 Å². The molecule has 3 amide bonds. The normalized spacial score (nSPS) is 15.9. The van der Waals surface area contributed by atoms with Crippen LogP contribution >= 0.6 is 11.8 Å². The Bertz CT molecular complexity index is 575. The Labute approximate surface area is 181 Å². The third-order valence-electron chi connectivity index (χ3n) is 4.28. The Balaban J connectivity index is 5.33. The molecule has 0 aliphatic rings. The van der Waals surface area contributed by atoms with E-state index in [1.54, 1.807) is 0 Å². The van der Waals surface area contributed by atoms with Crippen LogP contribution in [0, 0.1) is 0 Å². The quantitative estimate of drug-likeness (QED) is 0.140. The second-order valence-electron chi connectivity index (χ2n) is 7.04. The van der Waals surface area contributed by atoms with Gasteiger partial charge in [0.05, 0.1) is 12.1 Å². The second-order valence-corrected chi connectivity index (χ2v) is 8.03. The zero-order chi connectivity index (χ0) is 23.3. The van der Waals surface area contributed by atoms with Gasteiger partial charge in [0, 0.05) is 0 Å². The predicted octanol–water partition coefficient (Wildman–Crippen LogP) is -1.86. The van der Waals surface area contributed by atoms with Gasteiger partial charge in [-0.05, 0) is 58.1 Å². The molecule has 11 nitrogen and oxygen atoms in total. The SMILES string of the molecule is CSCCC(NC(=O)C(CCCCN)NC(=O)C(C)N)C(=O)NC(C(=O)O)C(C)O. The molecular weight excluding hydrogens is 414 g/mol. The van der Waals surface area contributed by atoms with Crippen LogP contribution in [-0.4, -0.2) is 82.7 Å². The summed E-state index contributed by atoms with van der Waals surface area (Å²) in [6.07, 6.45) is 2.29. The average Bonchev–Trinajstić information content (AvgIpc) is 2.67. The summed E-state index contributed by atoms with van der Waals surface area (Å²) in [6, 6.07) is -4.27. The molecule has 30 heavy (non-hydrogen) atoms. The molecule has 0 radical (unpaired) electrons. The third kappa shape index (κ3) is 10.8. The first kappa shape index (κ1) is 28.1. The molecule has 0 heterocycles. The number of carbonyl (C=O) groups is 4. The number of hydrogen-bond acceptors (Lipinski definition) is 8. The number of nitrogens with one attached hydrogen (secondary N) is 3. The predicted molar refractivity (Wildman–Crippen MR) is 115 cm³/mol. The molecule has 0 aromatic carbocycles. The number of thioether (sulfide) groups is 1. The van der Waals surface area contributed by atoms with Gasteiger partial charge in [0.25, 0.3) is 0 Å². The molecule has 0 rings (SSSR count). The number of aliphatic carboxylic acids is 1. The van der Waals surface area contributed by atoms with Crippen LogP contribution in [0.15, 0.2) is 0 Å². The van der Waals surface area contributed by atoms with Crippen molar-refractivity contribution >= 4 is 35.5 Å². The van der Waals surface area contributed by atoms with E-state index in [1.165, 1.54) is 25.6 Å². The molecule has 0 aromatic rings. The van der Waals surface area contributed by atoms with E-state index in [1.807, 2.05) is 6.26 Å². The summed E-state index contributed by atoms with van der Waals surface area (Å²) in [6.45, 7) is 3.16. The number of aliphatic hydroxyl groups excluding tert-OH is 1. The van der Waals surface area contributed by atoms with Gasteiger partial charge < -0.3 is 37.6 Å². The maximum atomic E-state index is 12.8. The third-order valence-corrected chi connectivity index (χ3v) is 4.93. The fourth-order valence-electron chi connectivity index (χ4n) is 2.48. The van der Waals surface area contributed by atoms with Crippen molar-refractivity contribution < 1.29 is 29.4 Å². The molecule has 9 N–H and O–H groups in total. The first-order chi connectivity index (χ1) is 14.0. The van der Waals surface area contributed by atoms with Crippen LogP contribution in [0.5, 0.6) is 0 Å². The summed E-state index contributed by atoms with van der Waals surface area (Å²) in [5.74, 6) is -2.68. The van der Waals surface area contributed by atoms with E-state index in [4.69, 9.17) is 16.6 Å². The molecular formula is C18H35N5O6S. The van der Waals surface area contributed by atoms with Gasteiger partial charge in [-0.1, -0.05) is 0 Å². The maximum absolute atomic E-state index is 12.8. The van der Waals surface area contributed by atoms with E-state index in [9.17, 15) is 24.3 Å². The molecule has 0 aliphatic carbocycles. The van der Waals surface area contributed by atoms with E-state index in [-0.39, 0.29) is 6.42 Å². The van der Waals surface area contributed by atoms with Crippen molar-refractivity contribution in [1.82, 2.24) is 16.0 Å². The molecule has 5 atom stereocenters. The first-order valence-electron chi connectivity index (χ1n) is 9.81. The number of aliphatic hydroxyl groups is 1. The lowest BCUT2D eigenvalue weighted by molar-refractivity contribution is -0.145. The van der Waals surface area contributed by atoms with Crippen LogP contribution in [0.1, 0.15) is 39.5 Å². The summed E-state index contributed by atoms with van der Waals surface area (Å²) in [7, 11) is 0. The van der Waals surface area contributed by atoms with Crippen molar-refractivity contribution in [2.75, 3.05) is 18.6 Å². The van der Waals surface area contributed by atoms with Crippen molar-refractivity contribution in [1.29, 1.82) is 0 Å². The van der Waals surface area contributed by atoms with Crippen LogP contribution in [0.4, 0.5) is 0 Å².